The SMILES string of the molecule is C[C@H](C(=O)N[C@@H]1CCOc2ccccc21)N1C(=O)c2ccccc2C1=O. The number of ether oxygens (including phenoxy) is 1. The monoisotopic (exact) mass is 350 g/mol. The van der Waals surface area contributed by atoms with E-state index in [9.17, 15) is 14.4 Å². The van der Waals surface area contributed by atoms with E-state index in [0.29, 0.717) is 24.2 Å². The molecule has 1 N–H and O–H groups in total. The summed E-state index contributed by atoms with van der Waals surface area (Å²) in [6, 6.07) is 13.1. The Morgan fingerprint density at radius 3 is 2.38 bits per heavy atom. The van der Waals surface area contributed by atoms with Crippen LogP contribution in [0.4, 0.5) is 0 Å². The van der Waals surface area contributed by atoms with Crippen molar-refractivity contribution in [3.8, 4) is 5.75 Å². The van der Waals surface area contributed by atoms with Crippen LogP contribution < -0.4 is 10.1 Å². The maximum atomic E-state index is 12.8. The predicted octanol–water partition coefficient (Wildman–Crippen LogP) is 2.31. The van der Waals surface area contributed by atoms with Crippen LogP contribution in [0.1, 0.15) is 45.7 Å². The lowest BCUT2D eigenvalue weighted by atomic mass is 10.00. The minimum atomic E-state index is -0.891. The average Bonchev–Trinajstić information content (AvgIpc) is 2.92. The molecule has 26 heavy (non-hydrogen) atoms. The van der Waals surface area contributed by atoms with Crippen LogP contribution in [0.25, 0.3) is 0 Å². The summed E-state index contributed by atoms with van der Waals surface area (Å²) in [6.45, 7) is 2.08. The first kappa shape index (κ1) is 16.3. The van der Waals surface area contributed by atoms with Gasteiger partial charge in [0.2, 0.25) is 5.91 Å². The van der Waals surface area contributed by atoms with Crippen molar-refractivity contribution in [1.29, 1.82) is 0 Å². The van der Waals surface area contributed by atoms with Crippen LogP contribution in [0.5, 0.6) is 5.75 Å². The zero-order valence-corrected chi connectivity index (χ0v) is 14.3. The fourth-order valence-corrected chi connectivity index (χ4v) is 3.46. The number of amides is 3. The molecule has 0 unspecified atom stereocenters. The van der Waals surface area contributed by atoms with Gasteiger partial charge in [-0.15, -0.1) is 0 Å². The maximum Gasteiger partial charge on any atom is 0.262 e. The molecule has 0 spiro atoms. The van der Waals surface area contributed by atoms with Crippen molar-refractivity contribution in [2.45, 2.75) is 25.4 Å². The molecular weight excluding hydrogens is 332 g/mol. The lowest BCUT2D eigenvalue weighted by Crippen LogP contribution is -2.49. The molecular formula is C20H18N2O4. The number of rotatable bonds is 3. The van der Waals surface area contributed by atoms with Gasteiger partial charge in [-0.25, -0.2) is 0 Å². The molecule has 6 heteroatoms. The number of hydrogen-bond acceptors (Lipinski definition) is 4. The number of imide groups is 1. The lowest BCUT2D eigenvalue weighted by Gasteiger charge is -2.29. The number of fused-ring (bicyclic) bond motifs is 2. The van der Waals surface area contributed by atoms with Crippen LogP contribution in [0.3, 0.4) is 0 Å². The zero-order chi connectivity index (χ0) is 18.3. The van der Waals surface area contributed by atoms with E-state index in [0.717, 1.165) is 16.2 Å². The molecule has 0 aliphatic carbocycles. The van der Waals surface area contributed by atoms with Crippen molar-refractivity contribution < 1.29 is 19.1 Å². The second kappa shape index (κ2) is 6.29. The summed E-state index contributed by atoms with van der Waals surface area (Å²) in [4.78, 5) is 38.9. The van der Waals surface area contributed by atoms with Crippen molar-refractivity contribution in [2.24, 2.45) is 0 Å². The summed E-state index contributed by atoms with van der Waals surface area (Å²) in [6.07, 6.45) is 0.636. The standard InChI is InChI=1S/C20H18N2O4/c1-12(22-19(24)13-6-2-3-7-14(13)20(22)25)18(23)21-16-10-11-26-17-9-5-4-8-15(16)17/h2-9,12,16H,10-11H2,1H3,(H,21,23)/t12-,16-/m1/s1. The van der Waals surface area contributed by atoms with Gasteiger partial charge in [-0.1, -0.05) is 30.3 Å². The molecule has 0 aromatic heterocycles. The molecule has 4 rings (SSSR count). The van der Waals surface area contributed by atoms with Crippen molar-refractivity contribution in [3.05, 3.63) is 65.2 Å². The van der Waals surface area contributed by atoms with Crippen LogP contribution in [-0.2, 0) is 4.79 Å². The van der Waals surface area contributed by atoms with E-state index < -0.39 is 17.9 Å². The number of hydrogen-bond donors (Lipinski definition) is 1. The average molecular weight is 350 g/mol. The van der Waals surface area contributed by atoms with Crippen LogP contribution in [0.2, 0.25) is 0 Å². The van der Waals surface area contributed by atoms with Gasteiger partial charge < -0.3 is 10.1 Å². The molecule has 2 aliphatic heterocycles. The summed E-state index contributed by atoms with van der Waals surface area (Å²) in [5.74, 6) is -0.472. The molecule has 132 valence electrons. The van der Waals surface area contributed by atoms with Gasteiger partial charge >= 0.3 is 0 Å². The number of carbonyl (C=O) groups is 3. The third-order valence-electron chi connectivity index (χ3n) is 4.87. The van der Waals surface area contributed by atoms with Gasteiger partial charge in [0.05, 0.1) is 23.8 Å². The topological polar surface area (TPSA) is 75.7 Å². The first-order valence-electron chi connectivity index (χ1n) is 8.57. The van der Waals surface area contributed by atoms with E-state index in [1.165, 1.54) is 0 Å². The molecule has 0 fully saturated rings. The minimum absolute atomic E-state index is 0.204. The number of para-hydroxylation sites is 1. The summed E-state index contributed by atoms with van der Waals surface area (Å²) in [5.41, 5.74) is 1.59. The molecule has 2 aromatic carbocycles. The Morgan fingerprint density at radius 2 is 1.69 bits per heavy atom. The van der Waals surface area contributed by atoms with Gasteiger partial charge in [0, 0.05) is 12.0 Å². The predicted molar refractivity (Wildman–Crippen MR) is 93.8 cm³/mol. The van der Waals surface area contributed by atoms with E-state index >= 15 is 0 Å². The van der Waals surface area contributed by atoms with Crippen molar-refractivity contribution >= 4 is 17.7 Å². The van der Waals surface area contributed by atoms with Gasteiger partial charge in [0.25, 0.3) is 11.8 Å². The molecule has 3 amide bonds. The molecule has 6 nitrogen and oxygen atoms in total. The highest BCUT2D eigenvalue weighted by Crippen LogP contribution is 2.32. The Labute approximate surface area is 150 Å². The van der Waals surface area contributed by atoms with Crippen LogP contribution in [-0.4, -0.2) is 35.3 Å². The van der Waals surface area contributed by atoms with E-state index in [2.05, 4.69) is 5.32 Å². The van der Waals surface area contributed by atoms with Crippen molar-refractivity contribution in [1.82, 2.24) is 10.2 Å². The summed E-state index contributed by atoms with van der Waals surface area (Å²) < 4.78 is 5.60. The van der Waals surface area contributed by atoms with E-state index in [4.69, 9.17) is 4.74 Å². The molecule has 2 aliphatic rings. The third-order valence-corrected chi connectivity index (χ3v) is 4.87. The highest BCUT2D eigenvalue weighted by Gasteiger charge is 2.41. The fraction of sp³-hybridized carbons (Fsp3) is 0.250. The van der Waals surface area contributed by atoms with E-state index in [1.807, 2.05) is 24.3 Å². The highest BCUT2D eigenvalue weighted by atomic mass is 16.5. The summed E-state index contributed by atoms with van der Waals surface area (Å²) in [5, 5.41) is 2.95. The van der Waals surface area contributed by atoms with Crippen molar-refractivity contribution in [3.63, 3.8) is 0 Å². The lowest BCUT2D eigenvalue weighted by molar-refractivity contribution is -0.125. The number of benzene rings is 2. The van der Waals surface area contributed by atoms with Gasteiger partial charge in [-0.3, -0.25) is 19.3 Å². The maximum absolute atomic E-state index is 12.8. The Bertz CT molecular complexity index is 873. The van der Waals surface area contributed by atoms with Crippen molar-refractivity contribution in [2.75, 3.05) is 6.61 Å². The van der Waals surface area contributed by atoms with Gasteiger partial charge in [-0.2, -0.15) is 0 Å². The Kier molecular flexibility index (Phi) is 3.95. The molecule has 0 bridgehead atoms. The third kappa shape index (κ3) is 2.54. The Morgan fingerprint density at radius 1 is 1.08 bits per heavy atom. The van der Waals surface area contributed by atoms with Crippen LogP contribution in [0, 0.1) is 0 Å². The highest BCUT2D eigenvalue weighted by molar-refractivity contribution is 6.22. The first-order chi connectivity index (χ1) is 12.6. The second-order valence-corrected chi connectivity index (χ2v) is 6.44. The Balaban J connectivity index is 1.53. The number of nitrogens with one attached hydrogen (secondary N) is 1. The van der Waals surface area contributed by atoms with Gasteiger partial charge in [0.1, 0.15) is 11.8 Å². The second-order valence-electron chi connectivity index (χ2n) is 6.44. The van der Waals surface area contributed by atoms with Crippen LogP contribution in [0.15, 0.2) is 48.5 Å². The van der Waals surface area contributed by atoms with Gasteiger partial charge in [-0.05, 0) is 25.1 Å². The molecule has 0 radical (unpaired) electrons. The Hall–Kier alpha value is -3.15. The zero-order valence-electron chi connectivity index (χ0n) is 14.3. The largest absolute Gasteiger partial charge is 0.493 e. The van der Waals surface area contributed by atoms with E-state index in [1.54, 1.807) is 31.2 Å². The first-order valence-corrected chi connectivity index (χ1v) is 8.57. The fourth-order valence-electron chi connectivity index (χ4n) is 3.46. The smallest absolute Gasteiger partial charge is 0.262 e. The number of carbonyl (C=O) groups excluding carboxylic acids is 3. The normalized spacial score (nSPS) is 19.4. The van der Waals surface area contributed by atoms with Gasteiger partial charge in [0.15, 0.2) is 0 Å². The number of nitrogens with zero attached hydrogens (tertiary/aromatic N) is 1. The van der Waals surface area contributed by atoms with Crippen LogP contribution >= 0.6 is 0 Å². The molecule has 2 aromatic rings. The summed E-state index contributed by atoms with van der Waals surface area (Å²) >= 11 is 0. The molecule has 2 heterocycles. The summed E-state index contributed by atoms with van der Waals surface area (Å²) in [7, 11) is 0. The minimum Gasteiger partial charge on any atom is -0.493 e. The molecule has 0 saturated carbocycles. The quantitative estimate of drug-likeness (QED) is 0.862. The van der Waals surface area contributed by atoms with E-state index in [-0.39, 0.29) is 11.9 Å². The molecule has 0 saturated heterocycles. The molecule has 2 atom stereocenters.